The molecule has 1 heterocycles. The molecule has 6 nitrogen and oxygen atoms in total. The number of hydrogen-bond donors (Lipinski definition) is 3. The Morgan fingerprint density at radius 1 is 1.35 bits per heavy atom. The van der Waals surface area contributed by atoms with E-state index in [4.69, 9.17) is 11.5 Å². The van der Waals surface area contributed by atoms with Crippen LogP contribution in [0.3, 0.4) is 0 Å². The number of carbonyl (C=O) groups excluding carboxylic acids is 2. The standard InChI is InChI=1S/C14H22N4O2/c1-8(2)10-5-9(6-11(15)17-10)13(20)18-14(3,4)7-12(16)19/h5-6,8H,7H2,1-4H3,(H2,15,17)(H2,16,19)(H,18,20). The first-order valence-corrected chi connectivity index (χ1v) is 6.49. The molecule has 5 N–H and O–H groups in total. The molecule has 0 atom stereocenters. The predicted molar refractivity (Wildman–Crippen MR) is 78.1 cm³/mol. The van der Waals surface area contributed by atoms with Gasteiger partial charge in [-0.2, -0.15) is 0 Å². The molecule has 0 saturated heterocycles. The van der Waals surface area contributed by atoms with Crippen LogP contribution in [0.4, 0.5) is 5.82 Å². The van der Waals surface area contributed by atoms with Gasteiger partial charge in [-0.05, 0) is 31.9 Å². The molecule has 6 heteroatoms. The van der Waals surface area contributed by atoms with Gasteiger partial charge in [0.2, 0.25) is 5.91 Å². The smallest absolute Gasteiger partial charge is 0.251 e. The third-order valence-corrected chi connectivity index (χ3v) is 2.79. The Morgan fingerprint density at radius 3 is 2.45 bits per heavy atom. The number of nitrogens with one attached hydrogen (secondary N) is 1. The zero-order valence-corrected chi connectivity index (χ0v) is 12.4. The second-order valence-corrected chi connectivity index (χ2v) is 5.84. The summed E-state index contributed by atoms with van der Waals surface area (Å²) in [7, 11) is 0. The number of carbonyl (C=O) groups is 2. The molecule has 110 valence electrons. The van der Waals surface area contributed by atoms with Crippen molar-refractivity contribution in [3.8, 4) is 0 Å². The summed E-state index contributed by atoms with van der Waals surface area (Å²) < 4.78 is 0. The molecular weight excluding hydrogens is 256 g/mol. The maximum Gasteiger partial charge on any atom is 0.251 e. The number of primary amides is 1. The SMILES string of the molecule is CC(C)c1cc(C(=O)NC(C)(C)CC(N)=O)cc(N)n1. The summed E-state index contributed by atoms with van der Waals surface area (Å²) in [6.07, 6.45) is 0.0658. The van der Waals surface area contributed by atoms with Gasteiger partial charge in [-0.3, -0.25) is 9.59 Å². The third kappa shape index (κ3) is 4.53. The molecule has 0 fully saturated rings. The molecular formula is C14H22N4O2. The Balaban J connectivity index is 2.95. The fourth-order valence-electron chi connectivity index (χ4n) is 1.86. The molecule has 1 rings (SSSR count). The van der Waals surface area contributed by atoms with Crippen LogP contribution >= 0.6 is 0 Å². The van der Waals surface area contributed by atoms with E-state index in [1.807, 2.05) is 13.8 Å². The van der Waals surface area contributed by atoms with Gasteiger partial charge in [0.05, 0.1) is 0 Å². The lowest BCUT2D eigenvalue weighted by Gasteiger charge is -2.25. The number of amides is 2. The average Bonchev–Trinajstić information content (AvgIpc) is 2.25. The highest BCUT2D eigenvalue weighted by Gasteiger charge is 2.24. The quantitative estimate of drug-likeness (QED) is 0.750. The number of nitrogen functional groups attached to an aromatic ring is 1. The normalized spacial score (nSPS) is 11.4. The van der Waals surface area contributed by atoms with Crippen molar-refractivity contribution in [1.82, 2.24) is 10.3 Å². The van der Waals surface area contributed by atoms with Gasteiger partial charge in [0.15, 0.2) is 0 Å². The van der Waals surface area contributed by atoms with Gasteiger partial charge in [-0.25, -0.2) is 4.98 Å². The molecule has 0 aliphatic rings. The number of nitrogens with two attached hydrogens (primary N) is 2. The lowest BCUT2D eigenvalue weighted by atomic mass is 9.99. The highest BCUT2D eigenvalue weighted by molar-refractivity contribution is 5.95. The zero-order chi connectivity index (χ0) is 15.5. The van der Waals surface area contributed by atoms with Crippen molar-refractivity contribution in [2.45, 2.75) is 45.6 Å². The summed E-state index contributed by atoms with van der Waals surface area (Å²) >= 11 is 0. The minimum absolute atomic E-state index is 0.0658. The number of nitrogens with zero attached hydrogens (tertiary/aromatic N) is 1. The summed E-state index contributed by atoms with van der Waals surface area (Å²) in [4.78, 5) is 27.4. The van der Waals surface area contributed by atoms with Crippen molar-refractivity contribution >= 4 is 17.6 Å². The number of aromatic nitrogens is 1. The van der Waals surface area contributed by atoms with Gasteiger partial charge in [0.1, 0.15) is 5.82 Å². The summed E-state index contributed by atoms with van der Waals surface area (Å²) in [6, 6.07) is 3.22. The summed E-state index contributed by atoms with van der Waals surface area (Å²) in [5, 5.41) is 2.77. The van der Waals surface area contributed by atoms with Crippen LogP contribution in [-0.2, 0) is 4.79 Å². The minimum atomic E-state index is -0.709. The minimum Gasteiger partial charge on any atom is -0.384 e. The lowest BCUT2D eigenvalue weighted by Crippen LogP contribution is -2.46. The second kappa shape index (κ2) is 5.90. The number of pyridine rings is 1. The van der Waals surface area contributed by atoms with E-state index in [1.54, 1.807) is 19.9 Å². The van der Waals surface area contributed by atoms with Crippen LogP contribution in [0.1, 0.15) is 56.1 Å². The van der Waals surface area contributed by atoms with Gasteiger partial charge in [-0.1, -0.05) is 13.8 Å². The maximum atomic E-state index is 12.2. The summed E-state index contributed by atoms with van der Waals surface area (Å²) in [5.74, 6) is -0.294. The van der Waals surface area contributed by atoms with Crippen LogP contribution in [0.5, 0.6) is 0 Å². The summed E-state index contributed by atoms with van der Waals surface area (Å²) in [6.45, 7) is 7.42. The molecule has 1 aromatic rings. The third-order valence-electron chi connectivity index (χ3n) is 2.79. The Hall–Kier alpha value is -2.11. The first kappa shape index (κ1) is 15.9. The molecule has 0 radical (unpaired) electrons. The Morgan fingerprint density at radius 2 is 1.95 bits per heavy atom. The van der Waals surface area contributed by atoms with E-state index in [2.05, 4.69) is 10.3 Å². The van der Waals surface area contributed by atoms with Gasteiger partial charge in [0.25, 0.3) is 5.91 Å². The van der Waals surface area contributed by atoms with Crippen LogP contribution in [0, 0.1) is 0 Å². The molecule has 0 saturated carbocycles. The van der Waals surface area contributed by atoms with Crippen molar-refractivity contribution in [1.29, 1.82) is 0 Å². The van der Waals surface area contributed by atoms with Gasteiger partial charge >= 0.3 is 0 Å². The molecule has 0 bridgehead atoms. The summed E-state index contributed by atoms with van der Waals surface area (Å²) in [5.41, 5.74) is 11.3. The molecule has 0 unspecified atom stereocenters. The molecule has 0 spiro atoms. The monoisotopic (exact) mass is 278 g/mol. The number of hydrogen-bond acceptors (Lipinski definition) is 4. The van der Waals surface area contributed by atoms with Crippen molar-refractivity contribution in [2.75, 3.05) is 5.73 Å². The van der Waals surface area contributed by atoms with Crippen molar-refractivity contribution < 1.29 is 9.59 Å². The Kier molecular flexibility index (Phi) is 4.70. The zero-order valence-electron chi connectivity index (χ0n) is 12.4. The fraction of sp³-hybridized carbons (Fsp3) is 0.500. The van der Waals surface area contributed by atoms with E-state index in [0.29, 0.717) is 11.4 Å². The van der Waals surface area contributed by atoms with Gasteiger partial charge < -0.3 is 16.8 Å². The lowest BCUT2D eigenvalue weighted by molar-refractivity contribution is -0.119. The highest BCUT2D eigenvalue weighted by atomic mass is 16.2. The molecule has 1 aromatic heterocycles. The molecule has 20 heavy (non-hydrogen) atoms. The van der Waals surface area contributed by atoms with E-state index in [-0.39, 0.29) is 18.2 Å². The van der Waals surface area contributed by atoms with Crippen molar-refractivity contribution in [3.05, 3.63) is 23.4 Å². The van der Waals surface area contributed by atoms with Crippen LogP contribution in [0.2, 0.25) is 0 Å². The van der Waals surface area contributed by atoms with Gasteiger partial charge in [0, 0.05) is 23.2 Å². The highest BCUT2D eigenvalue weighted by Crippen LogP contribution is 2.17. The largest absolute Gasteiger partial charge is 0.384 e. The van der Waals surface area contributed by atoms with Crippen LogP contribution in [0.25, 0.3) is 0 Å². The van der Waals surface area contributed by atoms with Crippen LogP contribution in [-0.4, -0.2) is 22.3 Å². The fourth-order valence-corrected chi connectivity index (χ4v) is 1.86. The molecule has 2 amide bonds. The Labute approximate surface area is 118 Å². The first-order chi connectivity index (χ1) is 9.10. The predicted octanol–water partition coefficient (Wildman–Crippen LogP) is 1.17. The van der Waals surface area contributed by atoms with E-state index in [1.165, 1.54) is 6.07 Å². The topological polar surface area (TPSA) is 111 Å². The van der Waals surface area contributed by atoms with E-state index in [9.17, 15) is 9.59 Å². The number of rotatable bonds is 5. The Bertz CT molecular complexity index is 524. The number of anilines is 1. The van der Waals surface area contributed by atoms with Crippen molar-refractivity contribution in [2.24, 2.45) is 5.73 Å². The molecule has 0 aliphatic carbocycles. The average molecular weight is 278 g/mol. The first-order valence-electron chi connectivity index (χ1n) is 6.49. The van der Waals surface area contributed by atoms with E-state index < -0.39 is 11.4 Å². The van der Waals surface area contributed by atoms with Crippen molar-refractivity contribution in [3.63, 3.8) is 0 Å². The van der Waals surface area contributed by atoms with E-state index >= 15 is 0 Å². The molecule has 0 aromatic carbocycles. The maximum absolute atomic E-state index is 12.2. The van der Waals surface area contributed by atoms with Crippen LogP contribution in [0.15, 0.2) is 12.1 Å². The molecule has 0 aliphatic heterocycles. The van der Waals surface area contributed by atoms with E-state index in [0.717, 1.165) is 5.69 Å². The van der Waals surface area contributed by atoms with Gasteiger partial charge in [-0.15, -0.1) is 0 Å². The second-order valence-electron chi connectivity index (χ2n) is 5.84. The van der Waals surface area contributed by atoms with Crippen LogP contribution < -0.4 is 16.8 Å².